The molecule has 0 spiro atoms. The molecule has 0 radical (unpaired) electrons. The number of rotatable bonds is 13. The second-order valence-electron chi connectivity index (χ2n) is 20.7. The average Bonchev–Trinajstić information content (AvgIpc) is 4.37. The highest BCUT2D eigenvalue weighted by molar-refractivity contribution is 6.36. The number of halogens is 3. The fourth-order valence-electron chi connectivity index (χ4n) is 11.2. The summed E-state index contributed by atoms with van der Waals surface area (Å²) in [6, 6.07) is 32.9. The Balaban J connectivity index is 0.719. The van der Waals surface area contributed by atoms with Crippen molar-refractivity contribution in [3.8, 4) is 61.4 Å². The topological polar surface area (TPSA) is 183 Å². The van der Waals surface area contributed by atoms with Gasteiger partial charge >= 0.3 is 6.09 Å². The quantitative estimate of drug-likeness (QED) is 0.0435. The molecular formula is C66H54Cl2FN12O3+. The van der Waals surface area contributed by atoms with Crippen LogP contribution in [0, 0.1) is 5.82 Å². The number of likely N-dealkylation sites (tertiary alicyclic amines) is 1. The summed E-state index contributed by atoms with van der Waals surface area (Å²) in [6.45, 7) is 3.72. The molecule has 1 fully saturated rings. The third-order valence-corrected chi connectivity index (χ3v) is 16.2. The molecule has 0 aliphatic carbocycles. The van der Waals surface area contributed by atoms with Gasteiger partial charge in [0.05, 0.1) is 52.3 Å². The van der Waals surface area contributed by atoms with Gasteiger partial charge in [-0.25, -0.2) is 23.7 Å². The van der Waals surface area contributed by atoms with Gasteiger partial charge in [-0.15, -0.1) is 0 Å². The van der Waals surface area contributed by atoms with Crippen LogP contribution in [0.15, 0.2) is 165 Å². The predicted octanol–water partition coefficient (Wildman–Crippen LogP) is 14.7. The molecular weight excluding hydrogens is 1100 g/mol. The van der Waals surface area contributed by atoms with Crippen molar-refractivity contribution in [3.63, 3.8) is 0 Å². The van der Waals surface area contributed by atoms with Crippen molar-refractivity contribution >= 4 is 81.4 Å². The smallest absolute Gasteiger partial charge is 0.409 e. The highest BCUT2D eigenvalue weighted by atomic mass is 35.5. The molecule has 3 aliphatic heterocycles. The SMILES string of the molecule is CC(Oc1cc(-c2cnn(C3CCN(C(=O)OCCC[n+]4ccc(-c5c6nc(c(-c7ccncc7)c7ccc([nH]7)c(-c7ccncc7)c7nc(c(-c8ccncc8)c8ccc5[nH]8)C=C7)C=C6)cc4)CC3)c2)ccc1N)c1c(Cl)ccc(F)c1Cl. The number of nitrogens with two attached hydrogens (primary N) is 1. The first-order valence-electron chi connectivity index (χ1n) is 27.6. The second-order valence-corrected chi connectivity index (χ2v) is 21.5. The first kappa shape index (κ1) is 53.5. The molecule has 1 atom stereocenters. The average molecular weight is 1150 g/mol. The lowest BCUT2D eigenvalue weighted by Crippen LogP contribution is -2.40. The molecule has 416 valence electrons. The maximum Gasteiger partial charge on any atom is 0.409 e. The van der Waals surface area contributed by atoms with Crippen molar-refractivity contribution < 1.29 is 23.2 Å². The molecule has 8 bridgehead atoms. The van der Waals surface area contributed by atoms with E-state index in [0.29, 0.717) is 60.9 Å². The summed E-state index contributed by atoms with van der Waals surface area (Å²) in [4.78, 5) is 46.5. The Morgan fingerprint density at radius 1 is 0.667 bits per heavy atom. The number of aromatic amines is 2. The lowest BCUT2D eigenvalue weighted by atomic mass is 10.0. The Bertz CT molecular complexity index is 4310. The van der Waals surface area contributed by atoms with Crippen LogP contribution in [0.5, 0.6) is 5.75 Å². The van der Waals surface area contributed by atoms with Gasteiger partial charge in [-0.2, -0.15) is 5.10 Å². The summed E-state index contributed by atoms with van der Waals surface area (Å²) in [6.07, 6.45) is 28.1. The zero-order valence-corrected chi connectivity index (χ0v) is 47.0. The van der Waals surface area contributed by atoms with Crippen LogP contribution in [0.3, 0.4) is 0 Å². The molecule has 13 rings (SSSR count). The molecule has 8 aromatic heterocycles. The first-order chi connectivity index (χ1) is 41.1. The van der Waals surface area contributed by atoms with E-state index in [2.05, 4.69) is 103 Å². The Morgan fingerprint density at radius 3 is 1.68 bits per heavy atom. The molecule has 84 heavy (non-hydrogen) atoms. The molecule has 11 heterocycles. The predicted molar refractivity (Wildman–Crippen MR) is 328 cm³/mol. The Kier molecular flexibility index (Phi) is 14.8. The molecule has 1 saturated heterocycles. The minimum atomic E-state index is -0.675. The number of amides is 1. The van der Waals surface area contributed by atoms with Crippen molar-refractivity contribution in [2.75, 3.05) is 25.4 Å². The number of H-pyrrole nitrogens is 2. The van der Waals surface area contributed by atoms with E-state index in [0.717, 1.165) is 100 Å². The largest absolute Gasteiger partial charge is 0.484 e. The Labute approximate surface area is 492 Å². The molecule has 10 aromatic rings. The minimum Gasteiger partial charge on any atom is -0.484 e. The van der Waals surface area contributed by atoms with E-state index in [4.69, 9.17) is 53.5 Å². The lowest BCUT2D eigenvalue weighted by molar-refractivity contribution is -0.697. The normalized spacial score (nSPS) is 13.5. The van der Waals surface area contributed by atoms with E-state index >= 15 is 0 Å². The number of nitrogens with one attached hydrogen (secondary N) is 2. The van der Waals surface area contributed by atoms with Gasteiger partial charge in [0.2, 0.25) is 0 Å². The lowest BCUT2D eigenvalue weighted by Gasteiger charge is -2.31. The van der Waals surface area contributed by atoms with Crippen molar-refractivity contribution in [2.45, 2.75) is 44.9 Å². The van der Waals surface area contributed by atoms with Gasteiger partial charge in [-0.1, -0.05) is 29.3 Å². The fourth-order valence-corrected chi connectivity index (χ4v) is 11.9. The molecule has 0 saturated carbocycles. The van der Waals surface area contributed by atoms with Crippen LogP contribution in [0.25, 0.3) is 102 Å². The van der Waals surface area contributed by atoms with Crippen LogP contribution in [0.1, 0.15) is 66.7 Å². The van der Waals surface area contributed by atoms with Gasteiger partial charge in [0, 0.05) is 135 Å². The number of hydrogen-bond acceptors (Lipinski definition) is 10. The highest BCUT2D eigenvalue weighted by Gasteiger charge is 2.27. The van der Waals surface area contributed by atoms with Gasteiger partial charge in [0.15, 0.2) is 18.9 Å². The van der Waals surface area contributed by atoms with Gasteiger partial charge in [-0.05, 0) is 157 Å². The van der Waals surface area contributed by atoms with Crippen LogP contribution in [-0.2, 0) is 11.3 Å². The van der Waals surface area contributed by atoms with Crippen LogP contribution < -0.4 is 15.0 Å². The number of fused-ring (bicyclic) bond motifs is 8. The van der Waals surface area contributed by atoms with Gasteiger partial charge in [0.25, 0.3) is 0 Å². The molecule has 1 amide bonds. The number of hydrogen-bond donors (Lipinski definition) is 3. The number of nitrogen functional groups attached to an aromatic ring is 1. The number of aromatic nitrogens is 10. The number of nitrogens with zero attached hydrogens (tertiary/aromatic N) is 9. The summed E-state index contributed by atoms with van der Waals surface area (Å²) < 4.78 is 30.4. The van der Waals surface area contributed by atoms with E-state index in [-0.39, 0.29) is 23.8 Å². The summed E-state index contributed by atoms with van der Waals surface area (Å²) >= 11 is 12.6. The zero-order valence-electron chi connectivity index (χ0n) is 45.5. The second kappa shape index (κ2) is 23.2. The fraction of sp³-hybridized carbons (Fsp3) is 0.152. The Morgan fingerprint density at radius 2 is 1.17 bits per heavy atom. The summed E-state index contributed by atoms with van der Waals surface area (Å²) in [5.74, 6) is -0.175. The van der Waals surface area contributed by atoms with Crippen LogP contribution >= 0.6 is 23.2 Å². The number of pyridine rings is 4. The minimum absolute atomic E-state index is 0.0914. The zero-order chi connectivity index (χ0) is 57.3. The molecule has 15 nitrogen and oxygen atoms in total. The monoisotopic (exact) mass is 1150 g/mol. The van der Waals surface area contributed by atoms with Crippen LogP contribution in [-0.4, -0.2) is 75.4 Å². The van der Waals surface area contributed by atoms with E-state index in [1.165, 1.54) is 12.1 Å². The van der Waals surface area contributed by atoms with Gasteiger partial charge in [0.1, 0.15) is 17.7 Å². The van der Waals surface area contributed by atoms with Gasteiger partial charge < -0.3 is 30.1 Å². The van der Waals surface area contributed by atoms with E-state index < -0.39 is 11.9 Å². The first-order valence-corrected chi connectivity index (χ1v) is 28.4. The summed E-state index contributed by atoms with van der Waals surface area (Å²) in [5, 5.41) is 4.90. The number of piperidine rings is 1. The number of ether oxygens (including phenoxy) is 2. The number of carbonyl (C=O) groups is 1. The summed E-state index contributed by atoms with van der Waals surface area (Å²) in [7, 11) is 0. The number of aryl methyl sites for hydroxylation is 1. The molecule has 18 heteroatoms. The van der Waals surface area contributed by atoms with Crippen LogP contribution in [0.2, 0.25) is 10.0 Å². The van der Waals surface area contributed by atoms with Crippen molar-refractivity contribution in [2.24, 2.45) is 0 Å². The van der Waals surface area contributed by atoms with Crippen molar-refractivity contribution in [3.05, 3.63) is 209 Å². The van der Waals surface area contributed by atoms with Crippen LogP contribution in [0.4, 0.5) is 14.9 Å². The maximum atomic E-state index is 14.3. The van der Waals surface area contributed by atoms with Crippen molar-refractivity contribution in [1.82, 2.24) is 49.6 Å². The van der Waals surface area contributed by atoms with Crippen molar-refractivity contribution in [1.29, 1.82) is 0 Å². The molecule has 2 aromatic carbocycles. The maximum absolute atomic E-state index is 14.3. The van der Waals surface area contributed by atoms with E-state index in [9.17, 15) is 9.18 Å². The Hall–Kier alpha value is -9.77. The molecule has 4 N–H and O–H groups in total. The number of anilines is 1. The summed E-state index contributed by atoms with van der Waals surface area (Å²) in [5.41, 5.74) is 23.1. The number of carbonyl (C=O) groups excluding carboxylic acids is 1. The van der Waals surface area contributed by atoms with E-state index in [1.54, 1.807) is 61.3 Å². The standard InChI is InChI=1S/C66H53Cl2FN12O3/c1-40(60-48(67)4-5-49(69)65(60)68)84-59-37-45(3-6-50(59)70)46-38-74-81(39-46)47-23-34-80(35-24-47)66(82)83-36-2-31-79-32-21-44(22-33-79)64-57-13-11-55(77-57)62(42-17-27-72-28-18-42)53-9-7-51(75-53)61(41-15-25-71-26-16-41)52-8-10-54(76-52)63(43-19-29-73-30-20-43)56-12-14-58(64)78-56/h3-22,25-30,32-33,37-40,47H,2,23-24,31,34-36,70H2,1H3,(H,75,76,77,78)/p+1. The van der Waals surface area contributed by atoms with Gasteiger partial charge in [-0.3, -0.25) is 19.6 Å². The number of benzene rings is 2. The molecule has 3 aliphatic rings. The molecule has 1 unspecified atom stereocenters. The third kappa shape index (κ3) is 10.8. The van der Waals surface area contributed by atoms with E-state index in [1.807, 2.05) is 59.4 Å². The highest BCUT2D eigenvalue weighted by Crippen LogP contribution is 2.41. The third-order valence-electron chi connectivity index (χ3n) is 15.5.